The molecule has 6 aromatic rings. The van der Waals surface area contributed by atoms with Crippen molar-refractivity contribution in [2.24, 2.45) is 0 Å². The van der Waals surface area contributed by atoms with Crippen LogP contribution in [0.25, 0.3) is 21.8 Å². The Morgan fingerprint density at radius 1 is 0.727 bits per heavy atom. The van der Waals surface area contributed by atoms with E-state index in [1.54, 1.807) is 25.1 Å². The van der Waals surface area contributed by atoms with Crippen LogP contribution in [0.15, 0.2) is 60.9 Å². The van der Waals surface area contributed by atoms with Crippen molar-refractivity contribution in [2.45, 2.75) is 108 Å². The maximum Gasteiger partial charge on any atom is 0.416 e. The van der Waals surface area contributed by atoms with Gasteiger partial charge in [-0.05, 0) is 101 Å². The van der Waals surface area contributed by atoms with Crippen LogP contribution < -0.4 is 25.2 Å². The molecule has 0 radical (unpaired) electrons. The van der Waals surface area contributed by atoms with E-state index in [1.165, 1.54) is 18.2 Å². The molecule has 9 heterocycles. The third-order valence-electron chi connectivity index (χ3n) is 14.0. The Morgan fingerprint density at radius 2 is 1.32 bits per heavy atom. The van der Waals surface area contributed by atoms with Crippen molar-refractivity contribution in [1.29, 1.82) is 0 Å². The van der Waals surface area contributed by atoms with Gasteiger partial charge in [0.15, 0.2) is 18.2 Å². The summed E-state index contributed by atoms with van der Waals surface area (Å²) in [6, 6.07) is 12.7. The Bertz CT molecular complexity index is 2820. The van der Waals surface area contributed by atoms with Crippen molar-refractivity contribution in [3.05, 3.63) is 100 Å². The monoisotopic (exact) mass is 908 g/mol. The fourth-order valence-corrected chi connectivity index (χ4v) is 10.7. The number of morpholine rings is 2. The molecule has 4 bridgehead atoms. The van der Waals surface area contributed by atoms with Gasteiger partial charge in [-0.2, -0.15) is 32.1 Å². The molecule has 0 saturated carbocycles. The number of nitrogens with one attached hydrogen (secondary N) is 2. The number of pyridine rings is 2. The normalized spacial score (nSPS) is 23.0. The topological polar surface area (TPSA) is 136 Å². The summed E-state index contributed by atoms with van der Waals surface area (Å²) >= 11 is 0. The Hall–Kier alpha value is -6.01. The number of anilines is 4. The molecule has 18 heteroatoms. The fourth-order valence-electron chi connectivity index (χ4n) is 10.7. The first-order chi connectivity index (χ1) is 31.8. The minimum absolute atomic E-state index is 0.145. The SMILES string of the molecule is Cc1nnc(N[C@H](C)c2cc(CCc3nnc(N[C@H](C)c4cccc5c4OCC5(F)F)c4cc(N5C6CCC5COC6)cnc34)cc(C(F)(F)F)c2)c2cc(N3C4CCC3COC4)cnc12. The zero-order chi connectivity index (χ0) is 45.5. The number of rotatable bonds is 11. The highest BCUT2D eigenvalue weighted by Crippen LogP contribution is 2.46. The van der Waals surface area contributed by atoms with Crippen LogP contribution in [0, 0.1) is 6.92 Å². The predicted octanol–water partition coefficient (Wildman–Crippen LogP) is 9.04. The lowest BCUT2D eigenvalue weighted by atomic mass is 9.97. The molecule has 4 saturated heterocycles. The minimum Gasteiger partial charge on any atom is -0.486 e. The van der Waals surface area contributed by atoms with Crippen LogP contribution in [0.4, 0.5) is 45.0 Å². The lowest BCUT2D eigenvalue weighted by Crippen LogP contribution is -2.46. The van der Waals surface area contributed by atoms with Gasteiger partial charge in [-0.1, -0.05) is 18.2 Å². The smallest absolute Gasteiger partial charge is 0.416 e. The molecule has 4 aromatic heterocycles. The number of alkyl halides is 5. The summed E-state index contributed by atoms with van der Waals surface area (Å²) in [5, 5.41) is 26.2. The van der Waals surface area contributed by atoms with Crippen LogP contribution in [0.5, 0.6) is 5.75 Å². The molecule has 344 valence electrons. The van der Waals surface area contributed by atoms with Gasteiger partial charge < -0.3 is 34.6 Å². The third-order valence-corrected chi connectivity index (χ3v) is 14.0. The van der Waals surface area contributed by atoms with Crippen LogP contribution >= 0.6 is 0 Å². The Morgan fingerprint density at radius 3 is 1.95 bits per heavy atom. The summed E-state index contributed by atoms with van der Waals surface area (Å²) < 4.78 is 90.4. The van der Waals surface area contributed by atoms with Gasteiger partial charge in [-0.15, -0.1) is 10.2 Å². The van der Waals surface area contributed by atoms with Crippen LogP contribution in [0.2, 0.25) is 0 Å². The van der Waals surface area contributed by atoms with Crippen molar-refractivity contribution >= 4 is 44.8 Å². The second-order valence-electron chi connectivity index (χ2n) is 18.4. The van der Waals surface area contributed by atoms with Crippen LogP contribution in [0.3, 0.4) is 0 Å². The highest BCUT2D eigenvalue weighted by atomic mass is 19.4. The summed E-state index contributed by atoms with van der Waals surface area (Å²) in [5.74, 6) is -2.13. The molecule has 4 unspecified atom stereocenters. The zero-order valence-corrected chi connectivity index (χ0v) is 36.7. The van der Waals surface area contributed by atoms with Gasteiger partial charge in [0, 0.05) is 16.3 Å². The average molecular weight is 909 g/mol. The van der Waals surface area contributed by atoms with E-state index >= 15 is 0 Å². The molecule has 6 atom stereocenters. The van der Waals surface area contributed by atoms with Gasteiger partial charge in [-0.3, -0.25) is 9.97 Å². The van der Waals surface area contributed by atoms with Crippen molar-refractivity contribution in [2.75, 3.05) is 53.5 Å². The summed E-state index contributed by atoms with van der Waals surface area (Å²) in [6.07, 6.45) is 3.56. The number of hydrogen-bond acceptors (Lipinski definition) is 13. The molecular weight excluding hydrogens is 860 g/mol. The van der Waals surface area contributed by atoms with Gasteiger partial charge in [0.2, 0.25) is 0 Å². The maximum absolute atomic E-state index is 14.7. The number of aryl methyl sites for hydroxylation is 3. The molecule has 2 aromatic carbocycles. The van der Waals surface area contributed by atoms with E-state index in [4.69, 9.17) is 24.2 Å². The van der Waals surface area contributed by atoms with Gasteiger partial charge in [0.25, 0.3) is 0 Å². The number of aromatic nitrogens is 6. The first-order valence-electron chi connectivity index (χ1n) is 22.7. The molecule has 13 nitrogen and oxygen atoms in total. The zero-order valence-electron chi connectivity index (χ0n) is 36.7. The fraction of sp³-hybridized carbons (Fsp3) is 0.458. The number of halogens is 5. The second-order valence-corrected chi connectivity index (χ2v) is 18.4. The predicted molar refractivity (Wildman–Crippen MR) is 238 cm³/mol. The molecular formula is C48H49F5N10O3. The Kier molecular flexibility index (Phi) is 10.6. The Labute approximate surface area is 377 Å². The standard InChI is InChI=1S/C48H49F5N10O3/c1-25(56-45-38-16-35(18-54-42(38)27(3)58-60-45)62-31-8-9-32(62)21-64-20-31)29-13-28(14-30(15-29)48(51,52)53)7-12-41-43-39(17-36(19-55-43)63-33-10-11-34(63)23-65-22-33)46(61-59-41)57-26(2)37-5-4-6-40-44(37)66-24-47(40,49)50/h4-6,13-19,25-26,31-34H,7-12,20-24H2,1-3H3,(H,56,60)(H,57,61)/t25-,26-,31?,32?,33?,34?/m1/s1. The van der Waals surface area contributed by atoms with Gasteiger partial charge >= 0.3 is 12.1 Å². The molecule has 4 fully saturated rings. The molecule has 0 aliphatic carbocycles. The summed E-state index contributed by atoms with van der Waals surface area (Å²) in [4.78, 5) is 14.4. The van der Waals surface area contributed by atoms with E-state index in [-0.39, 0.29) is 48.3 Å². The number of ether oxygens (including phenoxy) is 3. The first-order valence-corrected chi connectivity index (χ1v) is 22.7. The van der Waals surface area contributed by atoms with Crippen LogP contribution in [-0.4, -0.2) is 87.6 Å². The van der Waals surface area contributed by atoms with E-state index < -0.39 is 36.4 Å². The minimum atomic E-state index is -4.61. The van der Waals surface area contributed by atoms with Crippen molar-refractivity contribution in [3.8, 4) is 5.75 Å². The molecule has 11 rings (SSSR count). The van der Waals surface area contributed by atoms with E-state index in [0.717, 1.165) is 42.4 Å². The van der Waals surface area contributed by atoms with E-state index in [9.17, 15) is 22.0 Å². The molecule has 0 amide bonds. The number of hydrogen-bond donors (Lipinski definition) is 2. The van der Waals surface area contributed by atoms with E-state index in [0.29, 0.717) is 82.6 Å². The lowest BCUT2D eigenvalue weighted by Gasteiger charge is -2.36. The quantitative estimate of drug-likeness (QED) is 0.120. The first kappa shape index (κ1) is 42.6. The molecule has 2 N–H and O–H groups in total. The summed E-state index contributed by atoms with van der Waals surface area (Å²) in [6.45, 7) is 7.28. The lowest BCUT2D eigenvalue weighted by molar-refractivity contribution is -0.137. The van der Waals surface area contributed by atoms with Crippen LogP contribution in [0.1, 0.15) is 90.8 Å². The maximum atomic E-state index is 14.7. The van der Waals surface area contributed by atoms with Gasteiger partial charge in [0.1, 0.15) is 5.75 Å². The molecule has 5 aliphatic rings. The molecule has 0 spiro atoms. The van der Waals surface area contributed by atoms with E-state index in [2.05, 4.69) is 40.8 Å². The average Bonchev–Trinajstić information content (AvgIpc) is 3.86. The summed E-state index contributed by atoms with van der Waals surface area (Å²) in [5.41, 5.74) is 4.71. The third kappa shape index (κ3) is 7.64. The number of nitrogens with zero attached hydrogens (tertiary/aromatic N) is 8. The van der Waals surface area contributed by atoms with Gasteiger partial charge in [-0.25, -0.2) is 0 Å². The molecule has 5 aliphatic heterocycles. The number of benzene rings is 2. The highest BCUT2D eigenvalue weighted by Gasteiger charge is 2.43. The number of para-hydroxylation sites is 1. The summed E-state index contributed by atoms with van der Waals surface area (Å²) in [7, 11) is 0. The Balaban J connectivity index is 0.898. The number of fused-ring (bicyclic) bond motifs is 7. The highest BCUT2D eigenvalue weighted by molar-refractivity contribution is 5.93. The second kappa shape index (κ2) is 16.4. The van der Waals surface area contributed by atoms with E-state index in [1.807, 2.05) is 38.4 Å². The molecule has 66 heavy (non-hydrogen) atoms. The largest absolute Gasteiger partial charge is 0.486 e. The van der Waals surface area contributed by atoms with Gasteiger partial charge in [0.05, 0.1) is 120 Å². The van der Waals surface area contributed by atoms with Crippen LogP contribution in [-0.2, 0) is 34.4 Å². The van der Waals surface area contributed by atoms with Crippen molar-refractivity contribution in [3.63, 3.8) is 0 Å². The van der Waals surface area contributed by atoms with Crippen molar-refractivity contribution < 1.29 is 36.2 Å². The van der Waals surface area contributed by atoms with Crippen molar-refractivity contribution in [1.82, 2.24) is 30.4 Å².